The first-order valence-electron chi connectivity index (χ1n) is 6.27. The number of hydrogen-bond donors (Lipinski definition) is 1. The number of hydrogen-bond acceptors (Lipinski definition) is 2. The average Bonchev–Trinajstić information content (AvgIpc) is 2.72. The van der Waals surface area contributed by atoms with Crippen LogP contribution in [0.3, 0.4) is 0 Å². The molecule has 0 spiro atoms. The summed E-state index contributed by atoms with van der Waals surface area (Å²) in [7, 11) is 0. The molecule has 0 unspecified atom stereocenters. The van der Waals surface area contributed by atoms with Gasteiger partial charge >= 0.3 is 0 Å². The van der Waals surface area contributed by atoms with Gasteiger partial charge in [-0.25, -0.2) is 0 Å². The fourth-order valence-corrected chi connectivity index (χ4v) is 3.14. The van der Waals surface area contributed by atoms with Gasteiger partial charge in [0.05, 0.1) is 0 Å². The largest absolute Gasteiger partial charge is 0.330 e. The summed E-state index contributed by atoms with van der Waals surface area (Å²) in [4.78, 5) is 2.64. The van der Waals surface area contributed by atoms with Gasteiger partial charge in [0.2, 0.25) is 0 Å². The van der Waals surface area contributed by atoms with Crippen molar-refractivity contribution in [3.05, 3.63) is 0 Å². The van der Waals surface area contributed by atoms with Gasteiger partial charge < -0.3 is 10.6 Å². The zero-order valence-corrected chi connectivity index (χ0v) is 9.30. The molecule has 0 atom stereocenters. The molecule has 1 saturated carbocycles. The minimum Gasteiger partial charge on any atom is -0.330 e. The van der Waals surface area contributed by atoms with Gasteiger partial charge in [-0.2, -0.15) is 0 Å². The Bertz CT molecular complexity index is 167. The van der Waals surface area contributed by atoms with Crippen molar-refractivity contribution in [3.8, 4) is 0 Å². The van der Waals surface area contributed by atoms with E-state index in [1.807, 2.05) is 0 Å². The van der Waals surface area contributed by atoms with E-state index in [0.717, 1.165) is 6.54 Å². The van der Waals surface area contributed by atoms with Gasteiger partial charge in [0, 0.05) is 6.54 Å². The van der Waals surface area contributed by atoms with Crippen molar-refractivity contribution in [2.24, 2.45) is 11.1 Å². The molecule has 0 aromatic rings. The Morgan fingerprint density at radius 1 is 0.929 bits per heavy atom. The molecule has 2 heteroatoms. The highest BCUT2D eigenvalue weighted by atomic mass is 15.1. The minimum atomic E-state index is 0.489. The molecule has 14 heavy (non-hydrogen) atoms. The van der Waals surface area contributed by atoms with Gasteiger partial charge in [0.1, 0.15) is 0 Å². The molecule has 0 aromatic heterocycles. The lowest BCUT2D eigenvalue weighted by Crippen LogP contribution is -2.43. The molecule has 0 aromatic carbocycles. The number of nitrogens with zero attached hydrogens (tertiary/aromatic N) is 1. The van der Waals surface area contributed by atoms with Gasteiger partial charge in [-0.05, 0) is 50.7 Å². The second kappa shape index (κ2) is 4.63. The van der Waals surface area contributed by atoms with E-state index in [4.69, 9.17) is 5.73 Å². The lowest BCUT2D eigenvalue weighted by atomic mass is 9.74. The lowest BCUT2D eigenvalue weighted by molar-refractivity contribution is 0.127. The monoisotopic (exact) mass is 196 g/mol. The average molecular weight is 196 g/mol. The Labute approximate surface area is 87.8 Å². The summed E-state index contributed by atoms with van der Waals surface area (Å²) in [5.41, 5.74) is 6.48. The predicted octanol–water partition coefficient (Wildman–Crippen LogP) is 1.99. The number of likely N-dealkylation sites (tertiary alicyclic amines) is 1. The van der Waals surface area contributed by atoms with Crippen LogP contribution in [0.4, 0.5) is 0 Å². The van der Waals surface area contributed by atoms with E-state index in [1.165, 1.54) is 64.6 Å². The van der Waals surface area contributed by atoms with E-state index in [1.54, 1.807) is 0 Å². The maximum atomic E-state index is 5.99. The van der Waals surface area contributed by atoms with Crippen molar-refractivity contribution in [3.63, 3.8) is 0 Å². The zero-order valence-electron chi connectivity index (χ0n) is 9.30. The molecule has 1 aliphatic heterocycles. The van der Waals surface area contributed by atoms with Crippen LogP contribution in [0.15, 0.2) is 0 Å². The zero-order chi connectivity index (χ0) is 9.86. The highest BCUT2D eigenvalue weighted by molar-refractivity contribution is 4.87. The second-order valence-corrected chi connectivity index (χ2v) is 5.25. The van der Waals surface area contributed by atoms with Crippen LogP contribution in [-0.4, -0.2) is 31.1 Å². The molecule has 1 heterocycles. The normalized spacial score (nSPS) is 28.1. The number of nitrogens with two attached hydrogens (primary N) is 1. The van der Waals surface area contributed by atoms with Crippen molar-refractivity contribution < 1.29 is 0 Å². The van der Waals surface area contributed by atoms with Crippen LogP contribution in [0.2, 0.25) is 0 Å². The SMILES string of the molecule is NCC1(CN2CCCC2)CCCCC1. The molecular weight excluding hydrogens is 172 g/mol. The predicted molar refractivity (Wildman–Crippen MR) is 60.2 cm³/mol. The third kappa shape index (κ3) is 2.29. The van der Waals surface area contributed by atoms with Gasteiger partial charge in [0.25, 0.3) is 0 Å². The maximum absolute atomic E-state index is 5.99. The second-order valence-electron chi connectivity index (χ2n) is 5.25. The summed E-state index contributed by atoms with van der Waals surface area (Å²) in [6.07, 6.45) is 9.80. The third-order valence-electron chi connectivity index (χ3n) is 4.10. The molecule has 2 aliphatic rings. The lowest BCUT2D eigenvalue weighted by Gasteiger charge is -2.39. The van der Waals surface area contributed by atoms with Crippen LogP contribution in [0.5, 0.6) is 0 Å². The molecular formula is C12H24N2. The van der Waals surface area contributed by atoms with Crippen molar-refractivity contribution >= 4 is 0 Å². The van der Waals surface area contributed by atoms with E-state index >= 15 is 0 Å². The van der Waals surface area contributed by atoms with Gasteiger partial charge in [-0.3, -0.25) is 0 Å². The van der Waals surface area contributed by atoms with E-state index in [9.17, 15) is 0 Å². The molecule has 2 nitrogen and oxygen atoms in total. The highest BCUT2D eigenvalue weighted by Gasteiger charge is 2.33. The summed E-state index contributed by atoms with van der Waals surface area (Å²) in [5, 5.41) is 0. The molecule has 2 N–H and O–H groups in total. The van der Waals surface area contributed by atoms with Crippen molar-refractivity contribution in [1.29, 1.82) is 0 Å². The van der Waals surface area contributed by atoms with E-state index in [2.05, 4.69) is 4.90 Å². The van der Waals surface area contributed by atoms with E-state index < -0.39 is 0 Å². The van der Waals surface area contributed by atoms with Gasteiger partial charge in [0.15, 0.2) is 0 Å². The first kappa shape index (κ1) is 10.4. The molecule has 0 amide bonds. The van der Waals surface area contributed by atoms with Crippen LogP contribution in [0.25, 0.3) is 0 Å². The topological polar surface area (TPSA) is 29.3 Å². The number of rotatable bonds is 3. The Kier molecular flexibility index (Phi) is 3.45. The van der Waals surface area contributed by atoms with Gasteiger partial charge in [-0.15, -0.1) is 0 Å². The van der Waals surface area contributed by atoms with Crippen LogP contribution >= 0.6 is 0 Å². The van der Waals surface area contributed by atoms with Crippen LogP contribution in [0, 0.1) is 5.41 Å². The van der Waals surface area contributed by atoms with Crippen LogP contribution in [0.1, 0.15) is 44.9 Å². The van der Waals surface area contributed by atoms with Gasteiger partial charge in [-0.1, -0.05) is 19.3 Å². The Balaban J connectivity index is 1.89. The fourth-order valence-electron chi connectivity index (χ4n) is 3.14. The Morgan fingerprint density at radius 3 is 2.14 bits per heavy atom. The molecule has 1 aliphatic carbocycles. The Hall–Kier alpha value is -0.0800. The molecule has 0 radical (unpaired) electrons. The fraction of sp³-hybridized carbons (Fsp3) is 1.00. The van der Waals surface area contributed by atoms with Crippen LogP contribution < -0.4 is 5.73 Å². The molecule has 1 saturated heterocycles. The van der Waals surface area contributed by atoms with E-state index in [0.29, 0.717) is 5.41 Å². The van der Waals surface area contributed by atoms with Crippen molar-refractivity contribution in [2.75, 3.05) is 26.2 Å². The smallest absolute Gasteiger partial charge is 0.00501 e. The minimum absolute atomic E-state index is 0.489. The van der Waals surface area contributed by atoms with Crippen molar-refractivity contribution in [2.45, 2.75) is 44.9 Å². The molecule has 2 fully saturated rings. The summed E-state index contributed by atoms with van der Waals surface area (Å²) >= 11 is 0. The Morgan fingerprint density at radius 2 is 1.57 bits per heavy atom. The summed E-state index contributed by atoms with van der Waals surface area (Å²) in [6.45, 7) is 4.83. The molecule has 82 valence electrons. The standard InChI is InChI=1S/C12H24N2/c13-10-12(6-2-1-3-7-12)11-14-8-4-5-9-14/h1-11,13H2. The highest BCUT2D eigenvalue weighted by Crippen LogP contribution is 2.36. The summed E-state index contributed by atoms with van der Waals surface area (Å²) in [5.74, 6) is 0. The third-order valence-corrected chi connectivity index (χ3v) is 4.10. The van der Waals surface area contributed by atoms with E-state index in [-0.39, 0.29) is 0 Å². The molecule has 0 bridgehead atoms. The molecule has 2 rings (SSSR count). The summed E-state index contributed by atoms with van der Waals surface area (Å²) < 4.78 is 0. The maximum Gasteiger partial charge on any atom is 0.00501 e. The van der Waals surface area contributed by atoms with Crippen molar-refractivity contribution in [1.82, 2.24) is 4.90 Å². The van der Waals surface area contributed by atoms with Crippen LogP contribution in [-0.2, 0) is 0 Å². The summed E-state index contributed by atoms with van der Waals surface area (Å²) in [6, 6.07) is 0. The first-order chi connectivity index (χ1) is 6.85. The first-order valence-corrected chi connectivity index (χ1v) is 6.27. The quantitative estimate of drug-likeness (QED) is 0.748.